The molecule has 0 radical (unpaired) electrons. The molecule has 0 spiro atoms. The Bertz CT molecular complexity index is 293. The van der Waals surface area contributed by atoms with Crippen molar-refractivity contribution in [2.24, 2.45) is 5.41 Å². The van der Waals surface area contributed by atoms with E-state index in [-0.39, 0.29) is 5.41 Å². The molecule has 1 aromatic rings. The van der Waals surface area contributed by atoms with Gasteiger partial charge in [-0.05, 0) is 18.6 Å². The predicted octanol–water partition coefficient (Wildman–Crippen LogP) is 4.38. The maximum atomic E-state index is 5.87. The van der Waals surface area contributed by atoms with Crippen LogP contribution in [-0.4, -0.2) is 5.88 Å². The lowest BCUT2D eigenvalue weighted by atomic mass is 9.89. The standard InChI is InChI=1S/C10H12Cl2S/c1-3-10(2,7-11)6-8-4-5-9(12)13-8/h3-5H,1,6-7H2,2H3. The van der Waals surface area contributed by atoms with E-state index in [1.54, 1.807) is 11.3 Å². The fraction of sp³-hybridized carbons (Fsp3) is 0.400. The van der Waals surface area contributed by atoms with Crippen molar-refractivity contribution >= 4 is 34.5 Å². The summed E-state index contributed by atoms with van der Waals surface area (Å²) >= 11 is 13.3. The van der Waals surface area contributed by atoms with Crippen molar-refractivity contribution in [3.63, 3.8) is 0 Å². The normalized spacial score (nSPS) is 15.3. The highest BCUT2D eigenvalue weighted by Gasteiger charge is 2.20. The first-order chi connectivity index (χ1) is 6.09. The zero-order valence-electron chi connectivity index (χ0n) is 7.52. The van der Waals surface area contributed by atoms with Crippen molar-refractivity contribution < 1.29 is 0 Å². The highest BCUT2D eigenvalue weighted by molar-refractivity contribution is 7.16. The van der Waals surface area contributed by atoms with E-state index in [2.05, 4.69) is 13.5 Å². The van der Waals surface area contributed by atoms with E-state index in [0.29, 0.717) is 5.88 Å². The summed E-state index contributed by atoms with van der Waals surface area (Å²) in [6.07, 6.45) is 2.82. The van der Waals surface area contributed by atoms with Crippen molar-refractivity contribution in [3.05, 3.63) is 34.0 Å². The molecule has 13 heavy (non-hydrogen) atoms. The van der Waals surface area contributed by atoms with Gasteiger partial charge < -0.3 is 0 Å². The zero-order valence-corrected chi connectivity index (χ0v) is 9.85. The van der Waals surface area contributed by atoms with E-state index in [4.69, 9.17) is 23.2 Å². The largest absolute Gasteiger partial charge is 0.128 e. The smallest absolute Gasteiger partial charge is 0.0931 e. The number of hydrogen-bond acceptors (Lipinski definition) is 1. The quantitative estimate of drug-likeness (QED) is 0.536. The van der Waals surface area contributed by atoms with E-state index in [0.717, 1.165) is 10.8 Å². The van der Waals surface area contributed by atoms with Gasteiger partial charge in [0.05, 0.1) is 4.34 Å². The molecule has 0 aliphatic heterocycles. The van der Waals surface area contributed by atoms with Crippen molar-refractivity contribution in [1.29, 1.82) is 0 Å². The van der Waals surface area contributed by atoms with Crippen LogP contribution in [0.1, 0.15) is 11.8 Å². The molecule has 0 aliphatic rings. The average molecular weight is 235 g/mol. The molecule has 0 nitrogen and oxygen atoms in total. The SMILES string of the molecule is C=CC(C)(CCl)Cc1ccc(Cl)s1. The molecule has 1 atom stereocenters. The Morgan fingerprint density at radius 3 is 2.69 bits per heavy atom. The van der Waals surface area contributed by atoms with E-state index in [1.807, 2.05) is 18.2 Å². The molecular weight excluding hydrogens is 223 g/mol. The Morgan fingerprint density at radius 2 is 2.31 bits per heavy atom. The Labute approximate surface area is 93.2 Å². The van der Waals surface area contributed by atoms with Crippen LogP contribution in [0.2, 0.25) is 4.34 Å². The molecule has 1 unspecified atom stereocenters. The molecule has 0 aliphatic carbocycles. The van der Waals surface area contributed by atoms with Crippen LogP contribution < -0.4 is 0 Å². The van der Waals surface area contributed by atoms with Gasteiger partial charge >= 0.3 is 0 Å². The molecule has 0 saturated heterocycles. The second kappa shape index (κ2) is 4.50. The molecule has 72 valence electrons. The minimum Gasteiger partial charge on any atom is -0.128 e. The summed E-state index contributed by atoms with van der Waals surface area (Å²) in [5.41, 5.74) is -0.0181. The fourth-order valence-electron chi connectivity index (χ4n) is 1.02. The number of halogens is 2. The molecule has 0 fully saturated rings. The van der Waals surface area contributed by atoms with Crippen LogP contribution in [-0.2, 0) is 6.42 Å². The summed E-state index contributed by atoms with van der Waals surface area (Å²) in [6.45, 7) is 5.89. The lowest BCUT2D eigenvalue weighted by Crippen LogP contribution is -2.17. The van der Waals surface area contributed by atoms with Crippen molar-refractivity contribution in [2.45, 2.75) is 13.3 Å². The highest BCUT2D eigenvalue weighted by atomic mass is 35.5. The summed E-state index contributed by atoms with van der Waals surface area (Å²) < 4.78 is 0.830. The number of thiophene rings is 1. The molecule has 0 N–H and O–H groups in total. The third-order valence-electron chi connectivity index (χ3n) is 2.00. The first-order valence-corrected chi connectivity index (χ1v) is 5.76. The van der Waals surface area contributed by atoms with Gasteiger partial charge in [0, 0.05) is 16.2 Å². The van der Waals surface area contributed by atoms with Gasteiger partial charge in [0.25, 0.3) is 0 Å². The molecule has 0 amide bonds. The molecule has 0 bridgehead atoms. The average Bonchev–Trinajstić information content (AvgIpc) is 2.51. The summed E-state index contributed by atoms with van der Waals surface area (Å²) in [5, 5.41) is 0. The Kier molecular flexibility index (Phi) is 3.84. The summed E-state index contributed by atoms with van der Waals surface area (Å²) in [6, 6.07) is 3.96. The topological polar surface area (TPSA) is 0 Å². The number of hydrogen-bond donors (Lipinski definition) is 0. The first kappa shape index (κ1) is 11.1. The van der Waals surface area contributed by atoms with Crippen molar-refractivity contribution in [3.8, 4) is 0 Å². The van der Waals surface area contributed by atoms with Gasteiger partial charge in [-0.2, -0.15) is 0 Å². The molecule has 0 saturated carbocycles. The minimum atomic E-state index is -0.0181. The second-order valence-corrected chi connectivity index (χ2v) is 5.44. The molecule has 1 rings (SSSR count). The van der Waals surface area contributed by atoms with Crippen LogP contribution in [0.5, 0.6) is 0 Å². The molecule has 1 heterocycles. The lowest BCUT2D eigenvalue weighted by molar-refractivity contribution is 0.490. The van der Waals surface area contributed by atoms with Gasteiger partial charge in [0.15, 0.2) is 0 Å². The van der Waals surface area contributed by atoms with E-state index >= 15 is 0 Å². The molecule has 0 aromatic carbocycles. The van der Waals surface area contributed by atoms with Gasteiger partial charge in [-0.25, -0.2) is 0 Å². The lowest BCUT2D eigenvalue weighted by Gasteiger charge is -2.21. The van der Waals surface area contributed by atoms with Gasteiger partial charge in [-0.1, -0.05) is 24.6 Å². The van der Waals surface area contributed by atoms with E-state index in [1.165, 1.54) is 4.88 Å². The van der Waals surface area contributed by atoms with Crippen molar-refractivity contribution in [1.82, 2.24) is 0 Å². The number of alkyl halides is 1. The van der Waals surface area contributed by atoms with E-state index in [9.17, 15) is 0 Å². The van der Waals surface area contributed by atoms with Gasteiger partial charge in [0.1, 0.15) is 0 Å². The highest BCUT2D eigenvalue weighted by Crippen LogP contribution is 2.30. The number of allylic oxidation sites excluding steroid dienone is 1. The van der Waals surface area contributed by atoms with Gasteiger partial charge in [-0.3, -0.25) is 0 Å². The maximum Gasteiger partial charge on any atom is 0.0931 e. The van der Waals surface area contributed by atoms with Gasteiger partial charge in [-0.15, -0.1) is 29.5 Å². The molecular formula is C10H12Cl2S. The Balaban J connectivity index is 2.72. The van der Waals surface area contributed by atoms with Crippen LogP contribution >= 0.6 is 34.5 Å². The van der Waals surface area contributed by atoms with E-state index < -0.39 is 0 Å². The Morgan fingerprint density at radius 1 is 1.62 bits per heavy atom. The molecule has 1 aromatic heterocycles. The van der Waals surface area contributed by atoms with Crippen LogP contribution in [0.25, 0.3) is 0 Å². The molecule has 3 heteroatoms. The third-order valence-corrected chi connectivity index (χ3v) is 3.85. The number of rotatable bonds is 4. The third kappa shape index (κ3) is 3.01. The minimum absolute atomic E-state index is 0.0181. The van der Waals surface area contributed by atoms with Gasteiger partial charge in [0.2, 0.25) is 0 Å². The summed E-state index contributed by atoms with van der Waals surface area (Å²) in [4.78, 5) is 1.26. The zero-order chi connectivity index (χ0) is 9.90. The maximum absolute atomic E-state index is 5.87. The predicted molar refractivity (Wildman–Crippen MR) is 62.1 cm³/mol. The monoisotopic (exact) mass is 234 g/mol. The summed E-state index contributed by atoms with van der Waals surface area (Å²) in [5.74, 6) is 0.589. The Hall–Kier alpha value is 0.0200. The fourth-order valence-corrected chi connectivity index (χ4v) is 2.51. The second-order valence-electron chi connectivity index (χ2n) is 3.37. The van der Waals surface area contributed by atoms with Crippen molar-refractivity contribution in [2.75, 3.05) is 5.88 Å². The van der Waals surface area contributed by atoms with Crippen LogP contribution in [0, 0.1) is 5.41 Å². The van der Waals surface area contributed by atoms with Crippen LogP contribution in [0.3, 0.4) is 0 Å². The van der Waals surface area contributed by atoms with Crippen LogP contribution in [0.4, 0.5) is 0 Å². The first-order valence-electron chi connectivity index (χ1n) is 4.03. The van der Waals surface area contributed by atoms with Crippen LogP contribution in [0.15, 0.2) is 24.8 Å². The summed E-state index contributed by atoms with van der Waals surface area (Å²) in [7, 11) is 0.